The van der Waals surface area contributed by atoms with Crippen LogP contribution >= 0.6 is 0 Å². The normalized spacial score (nSPS) is 13.4. The summed E-state index contributed by atoms with van der Waals surface area (Å²) in [6.45, 7) is 0. The van der Waals surface area contributed by atoms with Gasteiger partial charge in [-0.05, 0) is 54.7 Å². The average Bonchev–Trinajstić information content (AvgIpc) is 3.50. The molecule has 0 radical (unpaired) electrons. The number of rotatable bonds is 7. The largest absolute Gasteiger partial charge is 0.354 e. The first kappa shape index (κ1) is 17.3. The third-order valence-corrected chi connectivity index (χ3v) is 4.58. The summed E-state index contributed by atoms with van der Waals surface area (Å²) < 4.78 is 13.1. The minimum atomic E-state index is -0.299. The number of hydrogen-bond donors (Lipinski definition) is 1. The second-order valence-electron chi connectivity index (χ2n) is 6.80. The molecule has 0 saturated heterocycles. The highest BCUT2D eigenvalue weighted by Crippen LogP contribution is 2.31. The molecular formula is C21H19FN4O. The Morgan fingerprint density at radius 1 is 1.07 bits per heavy atom. The molecule has 6 heteroatoms. The second kappa shape index (κ2) is 7.61. The van der Waals surface area contributed by atoms with Crippen LogP contribution in [0.1, 0.15) is 34.6 Å². The van der Waals surface area contributed by atoms with Crippen molar-refractivity contribution in [2.24, 2.45) is 5.92 Å². The van der Waals surface area contributed by atoms with Crippen molar-refractivity contribution >= 4 is 17.2 Å². The maximum Gasteiger partial charge on any atom is 0.170 e. The van der Waals surface area contributed by atoms with Crippen LogP contribution in [0.25, 0.3) is 0 Å². The molecule has 4 rings (SSSR count). The van der Waals surface area contributed by atoms with Crippen molar-refractivity contribution in [2.75, 3.05) is 5.32 Å². The standard InChI is InChI=1S/C21H19FN4O/c22-17-3-5-18(6-4-17)26-19-13-23-8-7-15(19)10-20(27)16-11-24-21(25-12-16)9-14-1-2-14/h3-8,11-14,26H,1-2,9-10H2. The van der Waals surface area contributed by atoms with Crippen molar-refractivity contribution in [3.05, 3.63) is 77.9 Å². The highest BCUT2D eigenvalue weighted by molar-refractivity contribution is 5.97. The molecule has 1 aromatic carbocycles. The summed E-state index contributed by atoms with van der Waals surface area (Å²) >= 11 is 0. The Hall–Kier alpha value is -3.15. The molecule has 0 amide bonds. The van der Waals surface area contributed by atoms with E-state index in [9.17, 15) is 9.18 Å². The van der Waals surface area contributed by atoms with Gasteiger partial charge in [-0.3, -0.25) is 9.78 Å². The van der Waals surface area contributed by atoms with Crippen LogP contribution in [0, 0.1) is 11.7 Å². The molecule has 0 atom stereocenters. The number of pyridine rings is 1. The van der Waals surface area contributed by atoms with Gasteiger partial charge in [0, 0.05) is 37.1 Å². The number of aromatic nitrogens is 3. The van der Waals surface area contributed by atoms with E-state index >= 15 is 0 Å². The van der Waals surface area contributed by atoms with Gasteiger partial charge in [-0.2, -0.15) is 0 Å². The van der Waals surface area contributed by atoms with Gasteiger partial charge >= 0.3 is 0 Å². The molecule has 136 valence electrons. The summed E-state index contributed by atoms with van der Waals surface area (Å²) in [7, 11) is 0. The van der Waals surface area contributed by atoms with E-state index < -0.39 is 0 Å². The zero-order valence-corrected chi connectivity index (χ0v) is 14.7. The number of nitrogens with zero attached hydrogens (tertiary/aromatic N) is 3. The van der Waals surface area contributed by atoms with Crippen LogP contribution in [-0.4, -0.2) is 20.7 Å². The third-order valence-electron chi connectivity index (χ3n) is 4.58. The number of anilines is 2. The molecule has 2 heterocycles. The summed E-state index contributed by atoms with van der Waals surface area (Å²) in [4.78, 5) is 25.4. The predicted octanol–water partition coefficient (Wildman–Crippen LogP) is 4.13. The summed E-state index contributed by atoms with van der Waals surface area (Å²) in [6, 6.07) is 7.83. The third kappa shape index (κ3) is 4.53. The van der Waals surface area contributed by atoms with Crippen LogP contribution in [0.3, 0.4) is 0 Å². The van der Waals surface area contributed by atoms with E-state index in [0.29, 0.717) is 17.2 Å². The lowest BCUT2D eigenvalue weighted by atomic mass is 10.0. The van der Waals surface area contributed by atoms with Crippen LogP contribution in [0.4, 0.5) is 15.8 Å². The quantitative estimate of drug-likeness (QED) is 0.640. The summed E-state index contributed by atoms with van der Waals surface area (Å²) in [5.74, 6) is 1.16. The number of benzene rings is 1. The fourth-order valence-electron chi connectivity index (χ4n) is 2.84. The molecule has 1 aliphatic rings. The number of carbonyl (C=O) groups is 1. The minimum Gasteiger partial charge on any atom is -0.354 e. The van der Waals surface area contributed by atoms with Gasteiger partial charge in [0.2, 0.25) is 0 Å². The second-order valence-corrected chi connectivity index (χ2v) is 6.80. The maximum absolute atomic E-state index is 13.1. The minimum absolute atomic E-state index is 0.0543. The van der Waals surface area contributed by atoms with Crippen molar-refractivity contribution in [3.8, 4) is 0 Å². The number of carbonyl (C=O) groups excluding carboxylic acids is 1. The Morgan fingerprint density at radius 2 is 1.81 bits per heavy atom. The maximum atomic E-state index is 13.1. The van der Waals surface area contributed by atoms with E-state index in [0.717, 1.165) is 23.5 Å². The van der Waals surface area contributed by atoms with Gasteiger partial charge in [-0.25, -0.2) is 14.4 Å². The lowest BCUT2D eigenvalue weighted by Crippen LogP contribution is -2.08. The fourth-order valence-corrected chi connectivity index (χ4v) is 2.84. The van der Waals surface area contributed by atoms with Gasteiger partial charge in [0.15, 0.2) is 5.78 Å². The highest BCUT2D eigenvalue weighted by Gasteiger charge is 2.22. The molecule has 0 unspecified atom stereocenters. The molecule has 2 aromatic heterocycles. The van der Waals surface area contributed by atoms with E-state index in [4.69, 9.17) is 0 Å². The van der Waals surface area contributed by atoms with Gasteiger partial charge in [0.1, 0.15) is 11.6 Å². The molecule has 0 aliphatic heterocycles. The van der Waals surface area contributed by atoms with Crippen molar-refractivity contribution in [3.63, 3.8) is 0 Å². The average molecular weight is 362 g/mol. The highest BCUT2D eigenvalue weighted by atomic mass is 19.1. The molecule has 1 aliphatic carbocycles. The van der Waals surface area contributed by atoms with Crippen molar-refractivity contribution in [1.29, 1.82) is 0 Å². The SMILES string of the molecule is O=C(Cc1ccncc1Nc1ccc(F)cc1)c1cnc(CC2CC2)nc1. The monoisotopic (exact) mass is 362 g/mol. The van der Waals surface area contributed by atoms with E-state index in [-0.39, 0.29) is 18.0 Å². The van der Waals surface area contributed by atoms with Crippen LogP contribution in [0.15, 0.2) is 55.1 Å². The van der Waals surface area contributed by atoms with Crippen LogP contribution in [-0.2, 0) is 12.8 Å². The Labute approximate surface area is 156 Å². The Balaban J connectivity index is 1.46. The molecule has 1 N–H and O–H groups in total. The van der Waals surface area contributed by atoms with E-state index in [1.165, 1.54) is 25.0 Å². The number of halogens is 1. The van der Waals surface area contributed by atoms with Crippen molar-refractivity contribution in [1.82, 2.24) is 15.0 Å². The summed E-state index contributed by atoms with van der Waals surface area (Å²) in [5, 5.41) is 3.18. The summed E-state index contributed by atoms with van der Waals surface area (Å²) in [6.07, 6.45) is 10.1. The molecule has 1 saturated carbocycles. The molecule has 1 fully saturated rings. The first-order valence-corrected chi connectivity index (χ1v) is 8.97. The van der Waals surface area contributed by atoms with Crippen molar-refractivity contribution < 1.29 is 9.18 Å². The van der Waals surface area contributed by atoms with E-state index in [1.807, 2.05) is 0 Å². The smallest absolute Gasteiger partial charge is 0.170 e. The topological polar surface area (TPSA) is 67.8 Å². The lowest BCUT2D eigenvalue weighted by Gasteiger charge is -2.11. The number of Topliss-reactive ketones (excluding diaryl/α,β-unsaturated/α-hetero) is 1. The lowest BCUT2D eigenvalue weighted by molar-refractivity contribution is 0.0992. The number of ketones is 1. The van der Waals surface area contributed by atoms with Crippen LogP contribution in [0.5, 0.6) is 0 Å². The fraction of sp³-hybridized carbons (Fsp3) is 0.238. The van der Waals surface area contributed by atoms with Crippen LogP contribution < -0.4 is 5.32 Å². The van der Waals surface area contributed by atoms with Crippen LogP contribution in [0.2, 0.25) is 0 Å². The number of hydrogen-bond acceptors (Lipinski definition) is 5. The Kier molecular flexibility index (Phi) is 4.87. The predicted molar refractivity (Wildman–Crippen MR) is 100 cm³/mol. The molecule has 0 spiro atoms. The van der Waals surface area contributed by atoms with E-state index in [1.54, 1.807) is 43.0 Å². The Morgan fingerprint density at radius 3 is 2.52 bits per heavy atom. The zero-order chi connectivity index (χ0) is 18.6. The summed E-state index contributed by atoms with van der Waals surface area (Å²) in [5.41, 5.74) is 2.75. The van der Waals surface area contributed by atoms with Gasteiger partial charge in [0.25, 0.3) is 0 Å². The van der Waals surface area contributed by atoms with Gasteiger partial charge in [0.05, 0.1) is 17.4 Å². The number of nitrogens with one attached hydrogen (secondary N) is 1. The molecule has 3 aromatic rings. The molecule has 27 heavy (non-hydrogen) atoms. The first-order chi connectivity index (χ1) is 13.2. The zero-order valence-electron chi connectivity index (χ0n) is 14.7. The molecular weight excluding hydrogens is 343 g/mol. The van der Waals surface area contributed by atoms with Crippen molar-refractivity contribution in [2.45, 2.75) is 25.7 Å². The Bertz CT molecular complexity index is 937. The van der Waals surface area contributed by atoms with Gasteiger partial charge in [-0.15, -0.1) is 0 Å². The van der Waals surface area contributed by atoms with Gasteiger partial charge < -0.3 is 5.32 Å². The molecule has 5 nitrogen and oxygen atoms in total. The van der Waals surface area contributed by atoms with E-state index in [2.05, 4.69) is 20.3 Å². The van der Waals surface area contributed by atoms with Gasteiger partial charge in [-0.1, -0.05) is 0 Å². The molecule has 0 bridgehead atoms. The first-order valence-electron chi connectivity index (χ1n) is 8.97.